The molecule has 2 aliphatic rings. The van der Waals surface area contributed by atoms with Crippen LogP contribution in [0.2, 0.25) is 0 Å². The number of rotatable bonds is 2. The van der Waals surface area contributed by atoms with Gasteiger partial charge in [-0.3, -0.25) is 19.2 Å². The first-order chi connectivity index (χ1) is 19.4. The van der Waals surface area contributed by atoms with Gasteiger partial charge in [-0.05, 0) is 31.9 Å². The Bertz CT molecular complexity index is 1230. The first-order valence-electron chi connectivity index (χ1n) is 13.4. The number of piperazine rings is 2. The van der Waals surface area contributed by atoms with Crippen molar-refractivity contribution in [2.75, 3.05) is 39.3 Å². The fourth-order valence-corrected chi connectivity index (χ4v) is 4.68. The van der Waals surface area contributed by atoms with Crippen molar-refractivity contribution >= 4 is 29.7 Å². The highest BCUT2D eigenvalue weighted by Crippen LogP contribution is 2.27. The predicted octanol–water partition coefficient (Wildman–Crippen LogP) is 0.937. The molecular weight excluding hydrogens is 528 g/mol. The van der Waals surface area contributed by atoms with Crippen molar-refractivity contribution in [1.82, 2.24) is 20.0 Å². The van der Waals surface area contributed by atoms with Gasteiger partial charge < -0.3 is 36.2 Å². The molecule has 2 atom stereocenters. The summed E-state index contributed by atoms with van der Waals surface area (Å²) in [7, 11) is 0. The average Bonchev–Trinajstić information content (AvgIpc) is 2.96. The number of carbonyl (C=O) groups is 5. The highest BCUT2D eigenvalue weighted by Gasteiger charge is 2.36. The summed E-state index contributed by atoms with van der Waals surface area (Å²) in [6.07, 6.45) is -0.436. The van der Waals surface area contributed by atoms with Crippen LogP contribution in [0.3, 0.4) is 0 Å². The van der Waals surface area contributed by atoms with E-state index in [-0.39, 0.29) is 25.7 Å². The predicted molar refractivity (Wildman–Crippen MR) is 151 cm³/mol. The third kappa shape index (κ3) is 8.52. The maximum Gasteiger partial charge on any atom is 0.410 e. The van der Waals surface area contributed by atoms with Crippen LogP contribution < -0.4 is 16.8 Å². The van der Waals surface area contributed by atoms with Crippen LogP contribution in [0, 0.1) is 0 Å². The zero-order chi connectivity index (χ0) is 30.2. The Morgan fingerprint density at radius 3 is 1.73 bits per heavy atom. The Morgan fingerprint density at radius 1 is 0.756 bits per heavy atom. The summed E-state index contributed by atoms with van der Waals surface area (Å²) in [5.41, 5.74) is 11.5. The maximum absolute atomic E-state index is 12.3. The average molecular weight is 567 g/mol. The molecule has 2 aromatic carbocycles. The summed E-state index contributed by atoms with van der Waals surface area (Å²) in [6.45, 7) is 7.98. The van der Waals surface area contributed by atoms with Crippen LogP contribution in [0.4, 0.5) is 4.79 Å². The lowest BCUT2D eigenvalue weighted by atomic mass is 10.0. The molecular formula is C29H38N6O6. The topological polar surface area (TPSA) is 168 Å². The fourth-order valence-electron chi connectivity index (χ4n) is 4.68. The minimum atomic E-state index is -0.998. The van der Waals surface area contributed by atoms with Gasteiger partial charge in [0, 0.05) is 39.3 Å². The van der Waals surface area contributed by atoms with E-state index in [1.807, 2.05) is 60.7 Å². The second kappa shape index (κ2) is 13.8. The normalized spacial score (nSPS) is 19.0. The second-order valence-electron chi connectivity index (χ2n) is 10.7. The zero-order valence-corrected chi connectivity index (χ0v) is 23.6. The number of ether oxygens (including phenoxy) is 1. The van der Waals surface area contributed by atoms with Crippen LogP contribution in [0.25, 0.3) is 0 Å². The van der Waals surface area contributed by atoms with Crippen molar-refractivity contribution in [3.63, 3.8) is 0 Å². The third-order valence-corrected chi connectivity index (χ3v) is 6.59. The Hall–Kier alpha value is -4.45. The minimum Gasteiger partial charge on any atom is -0.444 e. The number of primary amides is 2. The number of amides is 5. The lowest BCUT2D eigenvalue weighted by Crippen LogP contribution is -2.55. The van der Waals surface area contributed by atoms with E-state index in [1.165, 1.54) is 9.80 Å². The molecule has 4 rings (SSSR count). The molecule has 41 heavy (non-hydrogen) atoms. The Kier molecular flexibility index (Phi) is 10.4. The Labute approximate surface area is 239 Å². The van der Waals surface area contributed by atoms with Gasteiger partial charge in [-0.15, -0.1) is 0 Å². The standard InChI is InChI=1S/C17H23N3O4.C12H15N3O2/c1-17(2,3)24-16(23)19-9-10-20(15(22)14(18)21)13(11-19)12-7-5-4-6-8-12;13-11(16)12(17)15-7-6-14-8-10(15)9-4-2-1-3-5-9/h4-8,13H,9-11H2,1-3H3,(H2,18,21);1-5,10,14H,6-8H2,(H2,13,16)/t;10-/m.1/s1. The summed E-state index contributed by atoms with van der Waals surface area (Å²) >= 11 is 0. The number of nitrogens with two attached hydrogens (primary N) is 2. The largest absolute Gasteiger partial charge is 0.444 e. The van der Waals surface area contributed by atoms with E-state index in [1.54, 1.807) is 25.7 Å². The number of nitrogens with zero attached hydrogens (tertiary/aromatic N) is 3. The minimum absolute atomic E-state index is 0.120. The van der Waals surface area contributed by atoms with Crippen LogP contribution >= 0.6 is 0 Å². The summed E-state index contributed by atoms with van der Waals surface area (Å²) in [5.74, 6) is -3.25. The summed E-state index contributed by atoms with van der Waals surface area (Å²) < 4.78 is 5.40. The Morgan fingerprint density at radius 2 is 1.24 bits per heavy atom. The molecule has 5 amide bonds. The van der Waals surface area contributed by atoms with Crippen molar-refractivity contribution in [2.24, 2.45) is 11.5 Å². The van der Waals surface area contributed by atoms with Crippen molar-refractivity contribution in [3.05, 3.63) is 71.8 Å². The number of nitrogens with one attached hydrogen (secondary N) is 1. The molecule has 0 saturated carbocycles. The molecule has 0 bridgehead atoms. The van der Waals surface area contributed by atoms with E-state index in [0.29, 0.717) is 19.6 Å². The van der Waals surface area contributed by atoms with Crippen LogP contribution in [0.15, 0.2) is 60.7 Å². The van der Waals surface area contributed by atoms with Gasteiger partial charge >= 0.3 is 29.7 Å². The molecule has 2 aliphatic heterocycles. The van der Waals surface area contributed by atoms with Crippen molar-refractivity contribution in [2.45, 2.75) is 38.5 Å². The molecule has 5 N–H and O–H groups in total. The monoisotopic (exact) mass is 566 g/mol. The molecule has 0 aromatic heterocycles. The SMILES string of the molecule is CC(C)(C)OC(=O)N1CCN(C(=O)C(N)=O)C(c2ccccc2)C1.NC(=O)C(=O)N1CCNC[C@@H]1c1ccccc1. The molecule has 2 heterocycles. The van der Waals surface area contributed by atoms with E-state index in [4.69, 9.17) is 16.2 Å². The van der Waals surface area contributed by atoms with Gasteiger partial charge in [0.2, 0.25) is 0 Å². The van der Waals surface area contributed by atoms with E-state index < -0.39 is 41.4 Å². The quantitative estimate of drug-likeness (QED) is 0.455. The van der Waals surface area contributed by atoms with E-state index in [0.717, 1.165) is 11.1 Å². The maximum atomic E-state index is 12.3. The van der Waals surface area contributed by atoms with Crippen molar-refractivity contribution in [3.8, 4) is 0 Å². The first-order valence-corrected chi connectivity index (χ1v) is 13.4. The van der Waals surface area contributed by atoms with Crippen molar-refractivity contribution in [1.29, 1.82) is 0 Å². The van der Waals surface area contributed by atoms with Gasteiger partial charge in [-0.2, -0.15) is 0 Å². The van der Waals surface area contributed by atoms with Gasteiger partial charge in [0.1, 0.15) is 5.60 Å². The van der Waals surface area contributed by atoms with Crippen LogP contribution in [-0.4, -0.2) is 89.3 Å². The lowest BCUT2D eigenvalue weighted by molar-refractivity contribution is -0.147. The van der Waals surface area contributed by atoms with E-state index >= 15 is 0 Å². The molecule has 0 aliphatic carbocycles. The Balaban J connectivity index is 0.000000239. The van der Waals surface area contributed by atoms with Gasteiger partial charge in [0.05, 0.1) is 12.1 Å². The molecule has 12 nitrogen and oxygen atoms in total. The van der Waals surface area contributed by atoms with Gasteiger partial charge in [-0.1, -0.05) is 60.7 Å². The number of carbonyl (C=O) groups excluding carboxylic acids is 5. The van der Waals surface area contributed by atoms with Crippen molar-refractivity contribution < 1.29 is 28.7 Å². The third-order valence-electron chi connectivity index (χ3n) is 6.59. The number of hydrogen-bond acceptors (Lipinski definition) is 7. The number of hydrogen-bond donors (Lipinski definition) is 3. The van der Waals surface area contributed by atoms with Crippen LogP contribution in [-0.2, 0) is 23.9 Å². The second-order valence-corrected chi connectivity index (χ2v) is 10.7. The smallest absolute Gasteiger partial charge is 0.410 e. The molecule has 2 aromatic rings. The molecule has 2 saturated heterocycles. The number of benzene rings is 2. The van der Waals surface area contributed by atoms with Crippen LogP contribution in [0.5, 0.6) is 0 Å². The van der Waals surface area contributed by atoms with Gasteiger partial charge in [0.15, 0.2) is 0 Å². The van der Waals surface area contributed by atoms with Gasteiger partial charge in [0.25, 0.3) is 0 Å². The summed E-state index contributed by atoms with van der Waals surface area (Å²) in [4.78, 5) is 62.9. The molecule has 12 heteroatoms. The van der Waals surface area contributed by atoms with E-state index in [2.05, 4.69) is 5.32 Å². The first kappa shape index (κ1) is 31.1. The highest BCUT2D eigenvalue weighted by atomic mass is 16.6. The summed E-state index contributed by atoms with van der Waals surface area (Å²) in [6, 6.07) is 18.3. The van der Waals surface area contributed by atoms with Gasteiger partial charge in [-0.25, -0.2) is 4.79 Å². The van der Waals surface area contributed by atoms with E-state index in [9.17, 15) is 24.0 Å². The molecule has 0 spiro atoms. The highest BCUT2D eigenvalue weighted by molar-refractivity contribution is 6.34. The molecule has 1 unspecified atom stereocenters. The zero-order valence-electron chi connectivity index (χ0n) is 23.6. The molecule has 0 radical (unpaired) electrons. The molecule has 220 valence electrons. The molecule has 2 fully saturated rings. The lowest BCUT2D eigenvalue weighted by Gasteiger charge is -2.41. The van der Waals surface area contributed by atoms with Crippen LogP contribution in [0.1, 0.15) is 44.0 Å². The fraction of sp³-hybridized carbons (Fsp3) is 0.414. The summed E-state index contributed by atoms with van der Waals surface area (Å²) in [5, 5.41) is 3.21.